The minimum atomic E-state index is -0.161. The molecule has 0 saturated carbocycles. The second-order valence-electron chi connectivity index (χ2n) is 4.49. The Kier molecular flexibility index (Phi) is 4.59. The Morgan fingerprint density at radius 3 is 2.85 bits per heavy atom. The zero-order valence-corrected chi connectivity index (χ0v) is 12.5. The van der Waals surface area contributed by atoms with Crippen molar-refractivity contribution >= 4 is 11.6 Å². The molecule has 20 heavy (non-hydrogen) atoms. The number of ether oxygens (including phenoxy) is 1. The molecule has 2 aromatic rings. The van der Waals surface area contributed by atoms with Gasteiger partial charge in [0.1, 0.15) is 0 Å². The topological polar surface area (TPSA) is 78.0 Å². The number of nitrogens with two attached hydrogens (primary N) is 1. The predicted molar refractivity (Wildman–Crippen MR) is 77.5 cm³/mol. The molecule has 0 saturated heterocycles. The van der Waals surface area contributed by atoms with Gasteiger partial charge in [-0.25, -0.2) is 4.98 Å². The highest BCUT2D eigenvalue weighted by Gasteiger charge is 2.20. The number of halogens is 1. The summed E-state index contributed by atoms with van der Waals surface area (Å²) in [6.45, 7) is 1.88. The average molecular weight is 296 g/mol. The van der Waals surface area contributed by atoms with Gasteiger partial charge in [0.2, 0.25) is 5.88 Å². The molecule has 0 bridgehead atoms. The Morgan fingerprint density at radius 1 is 1.55 bits per heavy atom. The molecular weight excluding hydrogens is 278 g/mol. The van der Waals surface area contributed by atoms with E-state index < -0.39 is 0 Å². The highest BCUT2D eigenvalue weighted by molar-refractivity contribution is 6.31. The van der Waals surface area contributed by atoms with E-state index in [0.717, 1.165) is 17.0 Å². The van der Waals surface area contributed by atoms with Gasteiger partial charge < -0.3 is 4.74 Å². The van der Waals surface area contributed by atoms with E-state index >= 15 is 0 Å². The van der Waals surface area contributed by atoms with Crippen molar-refractivity contribution in [3.63, 3.8) is 0 Å². The first-order valence-corrected chi connectivity index (χ1v) is 6.59. The number of nitrogens with one attached hydrogen (secondary N) is 1. The summed E-state index contributed by atoms with van der Waals surface area (Å²) in [6.07, 6.45) is 2.27. The van der Waals surface area contributed by atoms with Crippen molar-refractivity contribution in [3.05, 3.63) is 40.3 Å². The lowest BCUT2D eigenvalue weighted by Crippen LogP contribution is -2.30. The summed E-state index contributed by atoms with van der Waals surface area (Å²) < 4.78 is 7.04. The number of aromatic nitrogens is 3. The van der Waals surface area contributed by atoms with Gasteiger partial charge >= 0.3 is 0 Å². The second kappa shape index (κ2) is 6.21. The minimum Gasteiger partial charge on any atom is -0.481 e. The summed E-state index contributed by atoms with van der Waals surface area (Å²) in [5.74, 6) is 6.22. The van der Waals surface area contributed by atoms with Crippen LogP contribution in [0.2, 0.25) is 5.02 Å². The molecule has 0 amide bonds. The van der Waals surface area contributed by atoms with Crippen LogP contribution in [-0.4, -0.2) is 21.9 Å². The van der Waals surface area contributed by atoms with Gasteiger partial charge in [-0.3, -0.25) is 16.0 Å². The van der Waals surface area contributed by atoms with E-state index in [-0.39, 0.29) is 6.04 Å². The van der Waals surface area contributed by atoms with E-state index in [4.69, 9.17) is 22.2 Å². The molecule has 0 aromatic carbocycles. The molecule has 0 radical (unpaired) electrons. The van der Waals surface area contributed by atoms with E-state index in [1.807, 2.05) is 26.1 Å². The molecule has 2 heterocycles. The van der Waals surface area contributed by atoms with E-state index in [0.29, 0.717) is 17.3 Å². The summed E-state index contributed by atoms with van der Waals surface area (Å²) in [6, 6.07) is 3.61. The standard InChI is InChI=1S/C13H18ClN5O/c1-8-12(14)11(19(2)18-8)7-10(17-15)9-5-4-6-16-13(9)20-3/h4-6,10,17H,7,15H2,1-3H3. The second-order valence-corrected chi connectivity index (χ2v) is 4.87. The first-order chi connectivity index (χ1) is 9.58. The van der Waals surface area contributed by atoms with Crippen molar-refractivity contribution in [1.82, 2.24) is 20.2 Å². The monoisotopic (exact) mass is 295 g/mol. The van der Waals surface area contributed by atoms with Gasteiger partial charge in [-0.15, -0.1) is 0 Å². The van der Waals surface area contributed by atoms with E-state index in [1.54, 1.807) is 18.0 Å². The van der Waals surface area contributed by atoms with Crippen LogP contribution in [0.15, 0.2) is 18.3 Å². The van der Waals surface area contributed by atoms with Crippen molar-refractivity contribution in [1.29, 1.82) is 0 Å². The Labute approximate surface area is 122 Å². The maximum atomic E-state index is 6.28. The number of rotatable bonds is 5. The molecule has 1 atom stereocenters. The molecule has 2 rings (SSSR count). The number of nitrogens with zero attached hydrogens (tertiary/aromatic N) is 3. The lowest BCUT2D eigenvalue weighted by Gasteiger charge is -2.18. The minimum absolute atomic E-state index is 0.161. The van der Waals surface area contributed by atoms with Gasteiger partial charge in [-0.1, -0.05) is 17.7 Å². The third-order valence-corrected chi connectivity index (χ3v) is 3.72. The maximum Gasteiger partial charge on any atom is 0.217 e. The largest absolute Gasteiger partial charge is 0.481 e. The lowest BCUT2D eigenvalue weighted by atomic mass is 10.0. The van der Waals surface area contributed by atoms with Crippen LogP contribution in [0.4, 0.5) is 0 Å². The van der Waals surface area contributed by atoms with Crippen LogP contribution >= 0.6 is 11.6 Å². The number of aryl methyl sites for hydroxylation is 2. The van der Waals surface area contributed by atoms with Crippen LogP contribution in [0.3, 0.4) is 0 Å². The molecule has 6 nitrogen and oxygen atoms in total. The molecule has 0 aliphatic heterocycles. The quantitative estimate of drug-likeness (QED) is 0.646. The lowest BCUT2D eigenvalue weighted by molar-refractivity contribution is 0.381. The summed E-state index contributed by atoms with van der Waals surface area (Å²) in [4.78, 5) is 4.18. The maximum absolute atomic E-state index is 6.28. The summed E-state index contributed by atoms with van der Waals surface area (Å²) in [7, 11) is 3.45. The smallest absolute Gasteiger partial charge is 0.217 e. The number of hydrogen-bond acceptors (Lipinski definition) is 5. The Morgan fingerprint density at radius 2 is 2.30 bits per heavy atom. The van der Waals surface area contributed by atoms with Gasteiger partial charge in [0, 0.05) is 25.2 Å². The Balaban J connectivity index is 2.34. The zero-order chi connectivity index (χ0) is 14.7. The summed E-state index contributed by atoms with van der Waals surface area (Å²) >= 11 is 6.28. The Bertz CT molecular complexity index is 598. The molecule has 3 N–H and O–H groups in total. The van der Waals surface area contributed by atoms with Gasteiger partial charge in [0.05, 0.1) is 29.6 Å². The van der Waals surface area contributed by atoms with Crippen molar-refractivity contribution in [2.45, 2.75) is 19.4 Å². The molecule has 0 spiro atoms. The molecule has 1 unspecified atom stereocenters. The average Bonchev–Trinajstić information content (AvgIpc) is 2.70. The molecule has 108 valence electrons. The number of pyridine rings is 1. The fourth-order valence-electron chi connectivity index (χ4n) is 2.19. The summed E-state index contributed by atoms with van der Waals surface area (Å²) in [5, 5.41) is 4.97. The molecule has 2 aromatic heterocycles. The fourth-order valence-corrected chi connectivity index (χ4v) is 2.43. The van der Waals surface area contributed by atoms with Crippen molar-refractivity contribution in [2.75, 3.05) is 7.11 Å². The van der Waals surface area contributed by atoms with Gasteiger partial charge in [-0.05, 0) is 13.0 Å². The molecule has 0 fully saturated rings. The predicted octanol–water partition coefficient (Wildman–Crippen LogP) is 1.53. The van der Waals surface area contributed by atoms with Crippen LogP contribution in [-0.2, 0) is 13.5 Å². The van der Waals surface area contributed by atoms with Crippen LogP contribution in [0.1, 0.15) is 23.0 Å². The third-order valence-electron chi connectivity index (χ3n) is 3.23. The highest BCUT2D eigenvalue weighted by Crippen LogP contribution is 2.28. The van der Waals surface area contributed by atoms with Gasteiger partial charge in [0.25, 0.3) is 0 Å². The summed E-state index contributed by atoms with van der Waals surface area (Å²) in [5.41, 5.74) is 5.39. The first kappa shape index (κ1) is 14.8. The fraction of sp³-hybridized carbons (Fsp3) is 0.385. The van der Waals surface area contributed by atoms with Gasteiger partial charge in [-0.2, -0.15) is 5.10 Å². The normalized spacial score (nSPS) is 12.4. The highest BCUT2D eigenvalue weighted by atomic mass is 35.5. The SMILES string of the molecule is COc1ncccc1C(Cc1c(Cl)c(C)nn1C)NN. The molecular formula is C13H18ClN5O. The number of hydrogen-bond donors (Lipinski definition) is 2. The van der Waals surface area contributed by atoms with E-state index in [9.17, 15) is 0 Å². The van der Waals surface area contributed by atoms with E-state index in [2.05, 4.69) is 15.5 Å². The van der Waals surface area contributed by atoms with E-state index in [1.165, 1.54) is 0 Å². The van der Waals surface area contributed by atoms with Crippen LogP contribution in [0, 0.1) is 6.92 Å². The van der Waals surface area contributed by atoms with Crippen molar-refractivity contribution in [2.24, 2.45) is 12.9 Å². The Hall–Kier alpha value is -1.63. The van der Waals surface area contributed by atoms with Crippen LogP contribution in [0.5, 0.6) is 5.88 Å². The molecule has 0 aliphatic rings. The van der Waals surface area contributed by atoms with Crippen molar-refractivity contribution < 1.29 is 4.74 Å². The molecule has 0 aliphatic carbocycles. The molecule has 7 heteroatoms. The first-order valence-electron chi connectivity index (χ1n) is 6.21. The number of hydrazine groups is 1. The van der Waals surface area contributed by atoms with Crippen molar-refractivity contribution in [3.8, 4) is 5.88 Å². The van der Waals surface area contributed by atoms with Crippen LogP contribution < -0.4 is 16.0 Å². The number of methoxy groups -OCH3 is 1. The van der Waals surface area contributed by atoms with Gasteiger partial charge in [0.15, 0.2) is 0 Å². The third kappa shape index (κ3) is 2.77. The van der Waals surface area contributed by atoms with Crippen LogP contribution in [0.25, 0.3) is 0 Å². The zero-order valence-electron chi connectivity index (χ0n) is 11.7.